The highest BCUT2D eigenvalue weighted by Crippen LogP contribution is 2.24. The minimum Gasteiger partial charge on any atom is -0.383 e. The van der Waals surface area contributed by atoms with Gasteiger partial charge >= 0.3 is 0 Å². The van der Waals surface area contributed by atoms with Crippen molar-refractivity contribution in [2.45, 2.75) is 38.3 Å². The number of halogens is 1. The first-order valence-corrected chi connectivity index (χ1v) is 10.5. The van der Waals surface area contributed by atoms with Crippen LogP contribution in [0.25, 0.3) is 0 Å². The van der Waals surface area contributed by atoms with Crippen LogP contribution < -0.4 is 10.6 Å². The van der Waals surface area contributed by atoms with E-state index in [0.29, 0.717) is 6.04 Å². The fraction of sp³-hybridized carbons (Fsp3) is 0.545. The minimum atomic E-state index is -1.07. The molecule has 1 aromatic heterocycles. The average molecular weight is 526 g/mol. The summed E-state index contributed by atoms with van der Waals surface area (Å²) in [6.45, 7) is 7.87. The van der Waals surface area contributed by atoms with Crippen LogP contribution in [0.4, 0.5) is 0 Å². The van der Waals surface area contributed by atoms with E-state index >= 15 is 0 Å². The quantitative estimate of drug-likeness (QED) is 0.280. The van der Waals surface area contributed by atoms with Crippen molar-refractivity contribution in [3.63, 3.8) is 0 Å². The van der Waals surface area contributed by atoms with Gasteiger partial charge in [0.25, 0.3) is 0 Å². The van der Waals surface area contributed by atoms with Crippen molar-refractivity contribution in [1.82, 2.24) is 25.3 Å². The average Bonchev–Trinajstić information content (AvgIpc) is 3.39. The normalized spacial score (nSPS) is 17.8. The van der Waals surface area contributed by atoms with Gasteiger partial charge < -0.3 is 15.7 Å². The lowest BCUT2D eigenvalue weighted by Gasteiger charge is -2.29. The smallest absolute Gasteiger partial charge is 0.191 e. The number of hydrogen-bond donors (Lipinski definition) is 3. The molecular formula is C22H35IN6O. The molecule has 0 amide bonds. The Balaban J connectivity index is 0.00000320. The largest absolute Gasteiger partial charge is 0.383 e. The van der Waals surface area contributed by atoms with Gasteiger partial charge in [-0.25, -0.2) is 4.99 Å². The molecule has 1 saturated heterocycles. The number of guanidine groups is 1. The second-order valence-electron chi connectivity index (χ2n) is 7.92. The summed E-state index contributed by atoms with van der Waals surface area (Å²) < 4.78 is 1.69. The molecule has 3 rings (SSSR count). The van der Waals surface area contributed by atoms with Crippen LogP contribution in [0.3, 0.4) is 0 Å². The van der Waals surface area contributed by atoms with Crippen LogP contribution in [-0.4, -0.2) is 58.5 Å². The van der Waals surface area contributed by atoms with Crippen molar-refractivity contribution < 1.29 is 5.11 Å². The molecule has 2 unspecified atom stereocenters. The van der Waals surface area contributed by atoms with Gasteiger partial charge in [0, 0.05) is 31.9 Å². The molecule has 0 saturated carbocycles. The van der Waals surface area contributed by atoms with Gasteiger partial charge in [-0.3, -0.25) is 9.58 Å². The van der Waals surface area contributed by atoms with Crippen molar-refractivity contribution in [2.24, 2.45) is 12.0 Å². The molecule has 0 radical (unpaired) electrons. The summed E-state index contributed by atoms with van der Waals surface area (Å²) in [5, 5.41) is 21.8. The highest BCUT2D eigenvalue weighted by molar-refractivity contribution is 14.0. The summed E-state index contributed by atoms with van der Waals surface area (Å²) in [4.78, 5) is 7.19. The molecule has 1 aromatic carbocycles. The van der Waals surface area contributed by atoms with E-state index in [4.69, 9.17) is 0 Å². The van der Waals surface area contributed by atoms with Crippen molar-refractivity contribution in [3.8, 4) is 0 Å². The number of hydrogen-bond acceptors (Lipinski definition) is 4. The summed E-state index contributed by atoms with van der Waals surface area (Å²) in [6.07, 6.45) is 6.03. The van der Waals surface area contributed by atoms with Gasteiger partial charge in [0.2, 0.25) is 0 Å². The third-order valence-electron chi connectivity index (χ3n) is 5.44. The van der Waals surface area contributed by atoms with E-state index < -0.39 is 5.60 Å². The van der Waals surface area contributed by atoms with Crippen molar-refractivity contribution >= 4 is 29.9 Å². The Hall–Kier alpha value is -1.65. The Morgan fingerprint density at radius 1 is 1.23 bits per heavy atom. The lowest BCUT2D eigenvalue weighted by molar-refractivity contribution is 0.0671. The van der Waals surface area contributed by atoms with Crippen LogP contribution in [-0.2, 0) is 12.6 Å². The van der Waals surface area contributed by atoms with Gasteiger partial charge in [0.1, 0.15) is 5.60 Å². The number of aryl methyl sites for hydroxylation is 1. The second-order valence-corrected chi connectivity index (χ2v) is 7.92. The summed E-state index contributed by atoms with van der Waals surface area (Å²) in [5.74, 6) is 0.719. The molecule has 166 valence electrons. The molecule has 7 nitrogen and oxygen atoms in total. The monoisotopic (exact) mass is 526 g/mol. The van der Waals surface area contributed by atoms with E-state index in [-0.39, 0.29) is 30.5 Å². The number of nitrogens with one attached hydrogen (secondary N) is 2. The third kappa shape index (κ3) is 6.68. The first-order chi connectivity index (χ1) is 14.0. The molecule has 0 bridgehead atoms. The van der Waals surface area contributed by atoms with Crippen LogP contribution in [0.5, 0.6) is 0 Å². The molecule has 30 heavy (non-hydrogen) atoms. The molecule has 2 atom stereocenters. The molecular weight excluding hydrogens is 491 g/mol. The lowest BCUT2D eigenvalue weighted by Crippen LogP contribution is -2.43. The zero-order valence-corrected chi connectivity index (χ0v) is 20.5. The predicted octanol–water partition coefficient (Wildman–Crippen LogP) is 2.64. The Bertz CT molecular complexity index is 786. The maximum atomic E-state index is 10.8. The van der Waals surface area contributed by atoms with Crippen LogP contribution in [0, 0.1) is 0 Å². The van der Waals surface area contributed by atoms with E-state index in [2.05, 4.69) is 56.0 Å². The number of aromatic nitrogens is 2. The van der Waals surface area contributed by atoms with E-state index in [1.165, 1.54) is 18.4 Å². The summed E-state index contributed by atoms with van der Waals surface area (Å²) in [5.41, 5.74) is 1.02. The van der Waals surface area contributed by atoms with Crippen LogP contribution in [0.1, 0.15) is 43.9 Å². The minimum absolute atomic E-state index is 0. The SMILES string of the molecule is CCNC(=NCC(C)(O)c1cnn(C)c1)NCC(c1ccccc1)N1CCCC1.I. The number of rotatable bonds is 8. The molecule has 1 fully saturated rings. The fourth-order valence-electron chi connectivity index (χ4n) is 3.74. The number of nitrogens with zero attached hydrogens (tertiary/aromatic N) is 4. The van der Waals surface area contributed by atoms with E-state index in [0.717, 1.165) is 37.7 Å². The third-order valence-corrected chi connectivity index (χ3v) is 5.44. The maximum Gasteiger partial charge on any atom is 0.191 e. The summed E-state index contributed by atoms with van der Waals surface area (Å²) in [7, 11) is 1.84. The zero-order chi connectivity index (χ0) is 20.7. The molecule has 2 heterocycles. The molecule has 8 heteroatoms. The fourth-order valence-corrected chi connectivity index (χ4v) is 3.74. The lowest BCUT2D eigenvalue weighted by atomic mass is 10.0. The van der Waals surface area contributed by atoms with Gasteiger partial charge in [-0.2, -0.15) is 5.10 Å². The first kappa shape index (κ1) is 24.6. The highest BCUT2D eigenvalue weighted by atomic mass is 127. The van der Waals surface area contributed by atoms with Gasteiger partial charge in [-0.1, -0.05) is 30.3 Å². The molecule has 2 aromatic rings. The standard InChI is InChI=1S/C22H34N6O.HI/c1-4-23-21(25-17-22(2,29)19-14-26-27(3)16-19)24-15-20(28-12-8-9-13-28)18-10-6-5-7-11-18;/h5-7,10-11,14,16,20,29H,4,8-9,12-13,15,17H2,1-3H3,(H2,23,24,25);1H. The topological polar surface area (TPSA) is 77.7 Å². The summed E-state index contributed by atoms with van der Waals surface area (Å²) in [6, 6.07) is 11.0. The van der Waals surface area contributed by atoms with Crippen molar-refractivity contribution in [3.05, 3.63) is 53.9 Å². The van der Waals surface area contributed by atoms with Gasteiger partial charge in [0.15, 0.2) is 5.96 Å². The Morgan fingerprint density at radius 3 is 2.53 bits per heavy atom. The maximum absolute atomic E-state index is 10.8. The van der Waals surface area contributed by atoms with Crippen LogP contribution in [0.2, 0.25) is 0 Å². The Morgan fingerprint density at radius 2 is 1.93 bits per heavy atom. The number of benzene rings is 1. The molecule has 1 aliphatic heterocycles. The first-order valence-electron chi connectivity index (χ1n) is 10.5. The predicted molar refractivity (Wildman–Crippen MR) is 132 cm³/mol. The Kier molecular flexibility index (Phi) is 9.57. The molecule has 0 spiro atoms. The van der Waals surface area contributed by atoms with Gasteiger partial charge in [-0.15, -0.1) is 24.0 Å². The van der Waals surface area contributed by atoms with E-state index in [1.807, 2.05) is 20.2 Å². The van der Waals surface area contributed by atoms with Crippen molar-refractivity contribution in [1.29, 1.82) is 0 Å². The Labute approximate surface area is 197 Å². The van der Waals surface area contributed by atoms with Crippen LogP contribution in [0.15, 0.2) is 47.7 Å². The molecule has 0 aliphatic carbocycles. The summed E-state index contributed by atoms with van der Waals surface area (Å²) >= 11 is 0. The van der Waals surface area contributed by atoms with Crippen molar-refractivity contribution in [2.75, 3.05) is 32.7 Å². The second kappa shape index (κ2) is 11.7. The van der Waals surface area contributed by atoms with E-state index in [1.54, 1.807) is 17.8 Å². The number of likely N-dealkylation sites (tertiary alicyclic amines) is 1. The zero-order valence-electron chi connectivity index (χ0n) is 18.2. The van der Waals surface area contributed by atoms with Crippen LogP contribution >= 0.6 is 24.0 Å². The van der Waals surface area contributed by atoms with E-state index in [9.17, 15) is 5.11 Å². The van der Waals surface area contributed by atoms with Gasteiger partial charge in [-0.05, 0) is 45.3 Å². The number of aliphatic imine (C=N–C) groups is 1. The van der Waals surface area contributed by atoms with Gasteiger partial charge in [0.05, 0.1) is 18.8 Å². The molecule has 3 N–H and O–H groups in total. The molecule has 1 aliphatic rings. The highest BCUT2D eigenvalue weighted by Gasteiger charge is 2.26. The number of aliphatic hydroxyl groups is 1.